The highest BCUT2D eigenvalue weighted by molar-refractivity contribution is 7.95. The van der Waals surface area contributed by atoms with Crippen molar-refractivity contribution in [3.8, 4) is 0 Å². The lowest BCUT2D eigenvalue weighted by atomic mass is 9.86. The molecule has 0 unspecified atom stereocenters. The number of ketones is 1. The molecule has 0 saturated heterocycles. The van der Waals surface area contributed by atoms with Gasteiger partial charge in [-0.3, -0.25) is 4.79 Å². The summed E-state index contributed by atoms with van der Waals surface area (Å²) in [5.41, 5.74) is 4.06. The Balaban J connectivity index is 1.57. The number of carbonyl (C=O) groups is 1. The van der Waals surface area contributed by atoms with Crippen LogP contribution in [0.15, 0.2) is 28.5 Å². The van der Waals surface area contributed by atoms with Gasteiger partial charge >= 0.3 is 0 Å². The third-order valence-electron chi connectivity index (χ3n) is 6.50. The van der Waals surface area contributed by atoms with E-state index in [0.29, 0.717) is 20.9 Å². The van der Waals surface area contributed by atoms with E-state index in [2.05, 4.69) is 19.1 Å². The molecule has 2 aromatic rings. The summed E-state index contributed by atoms with van der Waals surface area (Å²) in [5.74, 6) is 0.772. The second kappa shape index (κ2) is 7.88. The first-order valence-corrected chi connectivity index (χ1v) is 13.3. The van der Waals surface area contributed by atoms with E-state index in [1.165, 1.54) is 40.9 Å². The number of fused-ring (bicyclic) bond motifs is 1. The number of benzene rings is 1. The largest absolute Gasteiger partial charge is 0.385 e. The number of aryl methyl sites for hydroxylation is 1. The van der Waals surface area contributed by atoms with E-state index in [-0.39, 0.29) is 18.0 Å². The number of carbonyl (C=O) groups excluding carboxylic acids is 1. The average Bonchev–Trinajstić information content (AvgIpc) is 3.16. The molecule has 0 aliphatic heterocycles. The number of hydrogen-bond donors (Lipinski definition) is 2. The van der Waals surface area contributed by atoms with Crippen molar-refractivity contribution in [3.63, 3.8) is 0 Å². The summed E-state index contributed by atoms with van der Waals surface area (Å²) < 4.78 is 21.8. The number of Topliss-reactive ketones (excluding diaryl/α,β-unsaturated/α-hetero) is 1. The third kappa shape index (κ3) is 4.41. The SMILES string of the molecule is C[C@H](c1ccc2c(c1CC(=O)C[S@@](=N)(=O)c1ccc(C(C)(C)O)s1)CCC2)C1CC1. The number of rotatable bonds is 8. The van der Waals surface area contributed by atoms with Crippen LogP contribution in [0.25, 0.3) is 0 Å². The second-order valence-electron chi connectivity index (χ2n) is 9.46. The molecule has 4 nitrogen and oxygen atoms in total. The fraction of sp³-hybridized carbons (Fsp3) is 0.542. The first-order chi connectivity index (χ1) is 14.1. The first kappa shape index (κ1) is 21.7. The molecule has 1 aromatic carbocycles. The molecule has 0 radical (unpaired) electrons. The molecule has 30 heavy (non-hydrogen) atoms. The molecule has 2 atom stereocenters. The van der Waals surface area contributed by atoms with Gasteiger partial charge in [0.2, 0.25) is 0 Å². The number of nitrogens with one attached hydrogen (secondary N) is 1. The smallest absolute Gasteiger partial charge is 0.151 e. The molecule has 4 rings (SSSR count). The van der Waals surface area contributed by atoms with E-state index in [4.69, 9.17) is 4.78 Å². The van der Waals surface area contributed by atoms with Crippen LogP contribution in [0.1, 0.15) is 73.1 Å². The standard InChI is InChI=1S/C24H31NO3S2/c1-15(16-7-8-16)19-10-9-17-5-4-6-20(17)21(19)13-18(26)14-30(25,28)23-12-11-22(29-23)24(2,3)27/h9-12,15-16,25,27H,4-8,13-14H2,1-3H3/t15-,30+/m0/s1. The van der Waals surface area contributed by atoms with E-state index in [0.717, 1.165) is 24.8 Å². The van der Waals surface area contributed by atoms with Gasteiger partial charge in [0.25, 0.3) is 0 Å². The first-order valence-electron chi connectivity index (χ1n) is 10.8. The fourth-order valence-corrected chi connectivity index (χ4v) is 7.33. The van der Waals surface area contributed by atoms with Gasteiger partial charge in [-0.15, -0.1) is 11.3 Å². The maximum absolute atomic E-state index is 13.1. The van der Waals surface area contributed by atoms with Crippen molar-refractivity contribution in [3.05, 3.63) is 51.4 Å². The summed E-state index contributed by atoms with van der Waals surface area (Å²) in [6.07, 6.45) is 6.00. The Hall–Kier alpha value is -1.50. The van der Waals surface area contributed by atoms with Crippen LogP contribution in [0.5, 0.6) is 0 Å². The molecule has 6 heteroatoms. The molecule has 1 saturated carbocycles. The molecular formula is C24H31NO3S2. The van der Waals surface area contributed by atoms with Crippen molar-refractivity contribution < 1.29 is 14.1 Å². The minimum absolute atomic E-state index is 0.127. The molecule has 1 aromatic heterocycles. The van der Waals surface area contributed by atoms with Crippen molar-refractivity contribution in [1.29, 1.82) is 4.78 Å². The summed E-state index contributed by atoms with van der Waals surface area (Å²) in [6, 6.07) is 7.78. The number of hydrogen-bond acceptors (Lipinski definition) is 5. The van der Waals surface area contributed by atoms with Gasteiger partial charge in [-0.1, -0.05) is 19.1 Å². The lowest BCUT2D eigenvalue weighted by Crippen LogP contribution is -2.19. The summed E-state index contributed by atoms with van der Waals surface area (Å²) in [6.45, 7) is 5.59. The van der Waals surface area contributed by atoms with Crippen molar-refractivity contribution in [2.45, 2.75) is 75.0 Å². The highest BCUT2D eigenvalue weighted by Gasteiger charge is 2.32. The molecule has 2 aliphatic carbocycles. The predicted octanol–water partition coefficient (Wildman–Crippen LogP) is 5.20. The minimum Gasteiger partial charge on any atom is -0.385 e. The average molecular weight is 446 g/mol. The van der Waals surface area contributed by atoms with Crippen LogP contribution >= 0.6 is 11.3 Å². The fourth-order valence-electron chi connectivity index (χ4n) is 4.62. The van der Waals surface area contributed by atoms with Crippen LogP contribution in [0.2, 0.25) is 0 Å². The Morgan fingerprint density at radius 3 is 2.63 bits per heavy atom. The van der Waals surface area contributed by atoms with Crippen molar-refractivity contribution in [2.24, 2.45) is 5.92 Å². The van der Waals surface area contributed by atoms with Gasteiger partial charge in [-0.25, -0.2) is 8.99 Å². The van der Waals surface area contributed by atoms with Crippen molar-refractivity contribution in [2.75, 3.05) is 5.75 Å². The van der Waals surface area contributed by atoms with Gasteiger partial charge < -0.3 is 5.11 Å². The van der Waals surface area contributed by atoms with Gasteiger partial charge in [0.15, 0.2) is 5.78 Å². The van der Waals surface area contributed by atoms with Crippen molar-refractivity contribution >= 4 is 26.8 Å². The summed E-state index contributed by atoms with van der Waals surface area (Å²) in [5, 5.41) is 10.2. The lowest BCUT2D eigenvalue weighted by molar-refractivity contribution is -0.116. The Bertz CT molecular complexity index is 1070. The van der Waals surface area contributed by atoms with Gasteiger partial charge in [-0.2, -0.15) is 0 Å². The Morgan fingerprint density at radius 2 is 2.00 bits per heavy atom. The monoisotopic (exact) mass is 445 g/mol. The highest BCUT2D eigenvalue weighted by atomic mass is 32.2. The Labute approximate surface area is 183 Å². The molecule has 0 amide bonds. The Morgan fingerprint density at radius 1 is 1.27 bits per heavy atom. The summed E-state index contributed by atoms with van der Waals surface area (Å²) in [7, 11) is -3.21. The lowest BCUT2D eigenvalue weighted by Gasteiger charge is -2.20. The zero-order valence-electron chi connectivity index (χ0n) is 18.0. The van der Waals surface area contributed by atoms with E-state index in [1.54, 1.807) is 26.0 Å². The molecule has 162 valence electrons. The molecule has 1 fully saturated rings. The minimum atomic E-state index is -3.21. The van der Waals surface area contributed by atoms with Crippen LogP contribution in [0, 0.1) is 10.7 Å². The van der Waals surface area contributed by atoms with E-state index < -0.39 is 15.3 Å². The van der Waals surface area contributed by atoms with Gasteiger partial charge in [0.05, 0.1) is 21.1 Å². The van der Waals surface area contributed by atoms with Gasteiger partial charge in [0, 0.05) is 11.3 Å². The van der Waals surface area contributed by atoms with Crippen LogP contribution in [0.3, 0.4) is 0 Å². The maximum Gasteiger partial charge on any atom is 0.151 e. The van der Waals surface area contributed by atoms with Crippen LogP contribution in [0.4, 0.5) is 0 Å². The third-order valence-corrected chi connectivity index (χ3v) is 10.3. The predicted molar refractivity (Wildman–Crippen MR) is 122 cm³/mol. The number of aliphatic hydroxyl groups is 1. The molecule has 2 aliphatic rings. The molecule has 2 N–H and O–H groups in total. The van der Waals surface area contributed by atoms with E-state index in [1.807, 2.05) is 0 Å². The normalized spacial score (nSPS) is 19.3. The van der Waals surface area contributed by atoms with Crippen LogP contribution in [-0.4, -0.2) is 20.9 Å². The van der Waals surface area contributed by atoms with E-state index >= 15 is 0 Å². The van der Waals surface area contributed by atoms with Gasteiger partial charge in [-0.05, 0) is 92.2 Å². The summed E-state index contributed by atoms with van der Waals surface area (Å²) >= 11 is 1.17. The molecular weight excluding hydrogens is 414 g/mol. The molecule has 1 heterocycles. The molecule has 0 bridgehead atoms. The zero-order chi connectivity index (χ0) is 21.7. The van der Waals surface area contributed by atoms with Gasteiger partial charge in [0.1, 0.15) is 4.21 Å². The Kier molecular flexibility index (Phi) is 5.71. The zero-order valence-corrected chi connectivity index (χ0v) is 19.6. The summed E-state index contributed by atoms with van der Waals surface area (Å²) in [4.78, 5) is 13.7. The van der Waals surface area contributed by atoms with Crippen LogP contribution in [-0.2, 0) is 39.4 Å². The quantitative estimate of drug-likeness (QED) is 0.586. The highest BCUT2D eigenvalue weighted by Crippen LogP contribution is 2.44. The maximum atomic E-state index is 13.1. The molecule has 0 spiro atoms. The van der Waals surface area contributed by atoms with E-state index in [9.17, 15) is 14.1 Å². The number of thiophene rings is 1. The van der Waals surface area contributed by atoms with Crippen LogP contribution < -0.4 is 0 Å². The second-order valence-corrected chi connectivity index (χ2v) is 12.9. The van der Waals surface area contributed by atoms with Crippen molar-refractivity contribution in [1.82, 2.24) is 0 Å². The topological polar surface area (TPSA) is 78.2 Å².